The smallest absolute Gasteiger partial charge is 0.246 e. The van der Waals surface area contributed by atoms with E-state index in [-0.39, 0.29) is 11.8 Å². The van der Waals surface area contributed by atoms with Crippen LogP contribution in [0.15, 0.2) is 36.7 Å². The summed E-state index contributed by atoms with van der Waals surface area (Å²) >= 11 is 0. The lowest BCUT2D eigenvalue weighted by atomic mass is 9.90. The van der Waals surface area contributed by atoms with E-state index in [1.54, 1.807) is 32.3 Å². The Morgan fingerprint density at radius 3 is 2.67 bits per heavy atom. The van der Waals surface area contributed by atoms with Crippen molar-refractivity contribution in [1.29, 1.82) is 0 Å². The van der Waals surface area contributed by atoms with E-state index in [9.17, 15) is 14.0 Å². The number of amides is 2. The minimum Gasteiger partial charge on any atom is -0.366 e. The van der Waals surface area contributed by atoms with Gasteiger partial charge in [-0.25, -0.2) is 9.97 Å². The lowest BCUT2D eigenvalue weighted by molar-refractivity contribution is -0.135. The second-order valence-corrected chi connectivity index (χ2v) is 10.8. The summed E-state index contributed by atoms with van der Waals surface area (Å²) in [4.78, 5) is 40.8. The van der Waals surface area contributed by atoms with Crippen LogP contribution in [0.5, 0.6) is 0 Å². The van der Waals surface area contributed by atoms with Crippen molar-refractivity contribution < 1.29 is 14.0 Å². The third-order valence-electron chi connectivity index (χ3n) is 6.31. The molecule has 2 aromatic rings. The molecule has 0 aliphatic heterocycles. The van der Waals surface area contributed by atoms with E-state index < -0.39 is 17.4 Å². The number of aromatic nitrogens is 3. The van der Waals surface area contributed by atoms with Crippen LogP contribution in [0.4, 0.5) is 21.8 Å². The Hall–Kier alpha value is -4.04. The molecule has 2 amide bonds. The lowest BCUT2D eigenvalue weighted by Crippen LogP contribution is -2.46. The summed E-state index contributed by atoms with van der Waals surface area (Å²) < 4.78 is 13.4. The third kappa shape index (κ3) is 9.93. The van der Waals surface area contributed by atoms with E-state index in [2.05, 4.69) is 42.7 Å². The second-order valence-electron chi connectivity index (χ2n) is 10.8. The molecule has 0 spiro atoms. The van der Waals surface area contributed by atoms with Crippen molar-refractivity contribution in [1.82, 2.24) is 30.1 Å². The molecule has 40 heavy (non-hydrogen) atoms. The van der Waals surface area contributed by atoms with Gasteiger partial charge in [0.05, 0.1) is 11.8 Å². The fraction of sp³-hybridized carbons (Fsp3) is 0.483. The summed E-state index contributed by atoms with van der Waals surface area (Å²) in [6, 6.07) is 2.65. The summed E-state index contributed by atoms with van der Waals surface area (Å²) in [7, 11) is 5.45. The minimum atomic E-state index is -0.602. The molecule has 3 N–H and O–H groups in total. The number of carbonyl (C=O) groups excluding carboxylic acids is 2. The number of likely N-dealkylation sites (N-methyl/N-ethyl adjacent to an activating group) is 2. The minimum absolute atomic E-state index is 0.220. The van der Waals surface area contributed by atoms with Crippen molar-refractivity contribution in [3.63, 3.8) is 0 Å². The number of halogens is 1. The predicted molar refractivity (Wildman–Crippen MR) is 154 cm³/mol. The molecule has 3 rings (SSSR count). The summed E-state index contributed by atoms with van der Waals surface area (Å²) in [5.74, 6) is 6.39. The first kappa shape index (κ1) is 30.5. The molecule has 10 nitrogen and oxygen atoms in total. The highest BCUT2D eigenvalue weighted by molar-refractivity contribution is 5.92. The molecule has 214 valence electrons. The van der Waals surface area contributed by atoms with Gasteiger partial charge in [-0.3, -0.25) is 9.59 Å². The summed E-state index contributed by atoms with van der Waals surface area (Å²) in [5, 5.41) is 9.30. The molecule has 1 saturated carbocycles. The molecule has 1 aliphatic rings. The monoisotopic (exact) mass is 550 g/mol. The SMILES string of the molecule is C[C@@H](C(=O)NCCC(C)(C)C#Cc1cnc(Nc2ccnc(F)c2)nc1NC1CC1)N(C)C(=O)C=CCN(C)C. The van der Waals surface area contributed by atoms with Gasteiger partial charge in [-0.1, -0.05) is 17.9 Å². The van der Waals surface area contributed by atoms with Gasteiger partial charge in [0.2, 0.25) is 23.7 Å². The normalized spacial score (nSPS) is 13.9. The number of nitrogens with one attached hydrogen (secondary N) is 3. The van der Waals surface area contributed by atoms with E-state index in [0.717, 1.165) is 12.8 Å². The van der Waals surface area contributed by atoms with E-state index in [1.165, 1.54) is 23.2 Å². The first-order chi connectivity index (χ1) is 18.9. The zero-order valence-electron chi connectivity index (χ0n) is 24.1. The largest absolute Gasteiger partial charge is 0.366 e. The van der Waals surface area contributed by atoms with Crippen LogP contribution in [0.1, 0.15) is 45.6 Å². The Morgan fingerprint density at radius 2 is 2.00 bits per heavy atom. The van der Waals surface area contributed by atoms with Gasteiger partial charge in [0.15, 0.2) is 0 Å². The maximum absolute atomic E-state index is 13.4. The molecule has 0 radical (unpaired) electrons. The van der Waals surface area contributed by atoms with Gasteiger partial charge in [-0.2, -0.15) is 9.37 Å². The molecule has 2 heterocycles. The Morgan fingerprint density at radius 1 is 1.25 bits per heavy atom. The van der Waals surface area contributed by atoms with Crippen LogP contribution in [-0.2, 0) is 9.59 Å². The van der Waals surface area contributed by atoms with E-state index in [0.29, 0.717) is 48.6 Å². The van der Waals surface area contributed by atoms with Crippen LogP contribution in [0.25, 0.3) is 0 Å². The van der Waals surface area contributed by atoms with E-state index >= 15 is 0 Å². The van der Waals surface area contributed by atoms with Gasteiger partial charge >= 0.3 is 0 Å². The van der Waals surface area contributed by atoms with Gasteiger partial charge in [-0.15, -0.1) is 0 Å². The fourth-order valence-electron chi connectivity index (χ4n) is 3.47. The van der Waals surface area contributed by atoms with Gasteiger partial charge < -0.3 is 25.8 Å². The zero-order valence-corrected chi connectivity index (χ0v) is 24.1. The van der Waals surface area contributed by atoms with E-state index in [1.807, 2.05) is 32.8 Å². The maximum Gasteiger partial charge on any atom is 0.246 e. The molecule has 2 aromatic heterocycles. The summed E-state index contributed by atoms with van der Waals surface area (Å²) in [5.41, 5.74) is 0.749. The van der Waals surface area contributed by atoms with Crippen molar-refractivity contribution in [3.8, 4) is 11.8 Å². The molecule has 1 fully saturated rings. The molecular weight excluding hydrogens is 511 g/mol. The molecule has 11 heteroatoms. The summed E-state index contributed by atoms with van der Waals surface area (Å²) in [6.45, 7) is 6.77. The van der Waals surface area contributed by atoms with Crippen molar-refractivity contribution in [2.24, 2.45) is 5.41 Å². The number of nitrogens with zero attached hydrogens (tertiary/aromatic N) is 5. The van der Waals surface area contributed by atoms with Crippen molar-refractivity contribution in [2.75, 3.05) is 44.9 Å². The number of pyridine rings is 1. The molecule has 1 atom stereocenters. The third-order valence-corrected chi connectivity index (χ3v) is 6.31. The molecule has 0 bridgehead atoms. The molecule has 0 aromatic carbocycles. The van der Waals surface area contributed by atoms with Crippen LogP contribution in [0, 0.1) is 23.2 Å². The molecule has 0 saturated heterocycles. The molecule has 1 aliphatic carbocycles. The van der Waals surface area contributed by atoms with E-state index in [4.69, 9.17) is 0 Å². The van der Waals surface area contributed by atoms with Crippen LogP contribution in [-0.4, -0.2) is 82.9 Å². The number of rotatable bonds is 12. The average molecular weight is 551 g/mol. The lowest BCUT2D eigenvalue weighted by Gasteiger charge is -2.24. The highest BCUT2D eigenvalue weighted by Gasteiger charge is 2.24. The highest BCUT2D eigenvalue weighted by atomic mass is 19.1. The van der Waals surface area contributed by atoms with Gasteiger partial charge in [0.25, 0.3) is 0 Å². The summed E-state index contributed by atoms with van der Waals surface area (Å²) in [6.07, 6.45) is 9.00. The number of hydrogen-bond acceptors (Lipinski definition) is 8. The predicted octanol–water partition coefficient (Wildman–Crippen LogP) is 3.18. The Kier molecular flexibility index (Phi) is 10.6. The number of anilines is 3. The second kappa shape index (κ2) is 13.8. The zero-order chi connectivity index (χ0) is 29.3. The first-order valence-electron chi connectivity index (χ1n) is 13.3. The first-order valence-corrected chi connectivity index (χ1v) is 13.3. The van der Waals surface area contributed by atoms with Crippen LogP contribution < -0.4 is 16.0 Å². The van der Waals surface area contributed by atoms with Crippen molar-refractivity contribution in [3.05, 3.63) is 48.2 Å². The van der Waals surface area contributed by atoms with Gasteiger partial charge in [-0.05, 0) is 60.2 Å². The fourth-order valence-corrected chi connectivity index (χ4v) is 3.47. The van der Waals surface area contributed by atoms with Gasteiger partial charge in [0.1, 0.15) is 11.9 Å². The van der Waals surface area contributed by atoms with Crippen LogP contribution in [0.3, 0.4) is 0 Å². The maximum atomic E-state index is 13.4. The van der Waals surface area contributed by atoms with Gasteiger partial charge in [0, 0.05) is 55.6 Å². The highest BCUT2D eigenvalue weighted by Crippen LogP contribution is 2.27. The Labute approximate surface area is 235 Å². The van der Waals surface area contributed by atoms with Crippen molar-refractivity contribution >= 4 is 29.3 Å². The van der Waals surface area contributed by atoms with Crippen LogP contribution >= 0.6 is 0 Å². The van der Waals surface area contributed by atoms with Crippen molar-refractivity contribution in [2.45, 2.75) is 52.1 Å². The number of hydrogen-bond donors (Lipinski definition) is 3. The number of carbonyl (C=O) groups is 2. The topological polar surface area (TPSA) is 115 Å². The van der Waals surface area contributed by atoms with Crippen LogP contribution in [0.2, 0.25) is 0 Å². The Balaban J connectivity index is 1.58. The standard InChI is InChI=1S/C29H39FN8O2/c1-20(38(6)25(39)8-7-17-37(4)5)27(40)32-16-14-29(2,3)13-11-21-19-33-28(36-26(21)34-22-9-10-22)35-23-12-15-31-24(30)18-23/h7-8,12,15,18-20,22H,9-10,14,16-17H2,1-6H3,(H,32,40)(H2,31,33,34,35,36)/t20-/m0/s1. The average Bonchev–Trinajstić information content (AvgIpc) is 3.71. The molecule has 0 unspecified atom stereocenters. The Bertz CT molecular complexity index is 1280. The molecular formula is C29H39FN8O2. The quantitative estimate of drug-likeness (QED) is 0.210.